The lowest BCUT2D eigenvalue weighted by Gasteiger charge is -2.21. The van der Waals surface area contributed by atoms with Gasteiger partial charge in [-0.15, -0.1) is 0 Å². The molecule has 3 nitrogen and oxygen atoms in total. The van der Waals surface area contributed by atoms with Crippen LogP contribution in [0.2, 0.25) is 0 Å². The molecule has 5 heteroatoms. The highest BCUT2D eigenvalue weighted by molar-refractivity contribution is 9.11. The minimum atomic E-state index is 0.959. The van der Waals surface area contributed by atoms with E-state index in [1.54, 1.807) is 0 Å². The number of hydrogen-bond donors (Lipinski definition) is 0. The Balaban J connectivity index is 2.69. The van der Waals surface area contributed by atoms with Crippen molar-refractivity contribution in [3.05, 3.63) is 21.2 Å². The maximum atomic E-state index is 4.37. The number of likely N-dealkylation sites (N-methyl/N-ethyl adjacent to an activating group) is 2. The quantitative estimate of drug-likeness (QED) is 0.842. The van der Waals surface area contributed by atoms with Gasteiger partial charge >= 0.3 is 0 Å². The van der Waals surface area contributed by atoms with Crippen LogP contribution in [0.1, 0.15) is 0 Å². The Morgan fingerprint density at radius 1 is 1.20 bits per heavy atom. The number of aromatic nitrogens is 1. The third kappa shape index (κ3) is 4.09. The predicted molar refractivity (Wildman–Crippen MR) is 71.5 cm³/mol. The number of halogens is 2. The molecule has 0 spiro atoms. The fraction of sp³-hybridized carbons (Fsp3) is 0.500. The summed E-state index contributed by atoms with van der Waals surface area (Å²) in [5.41, 5.74) is 0. The summed E-state index contributed by atoms with van der Waals surface area (Å²) in [5, 5.41) is 0. The standard InChI is InChI=1S/C10H15Br2N3/c1-14(2)4-5-15(3)10-9(12)6-8(11)7-13-10/h6-7H,4-5H2,1-3H3. The monoisotopic (exact) mass is 335 g/mol. The van der Waals surface area contributed by atoms with Crippen molar-refractivity contribution in [2.75, 3.05) is 39.1 Å². The average Bonchev–Trinajstić information content (AvgIpc) is 2.14. The zero-order chi connectivity index (χ0) is 11.4. The molecule has 1 rings (SSSR count). The molecule has 0 amide bonds. The Morgan fingerprint density at radius 3 is 2.40 bits per heavy atom. The molecule has 1 heterocycles. The predicted octanol–water partition coefficient (Wildman–Crippen LogP) is 2.60. The Morgan fingerprint density at radius 2 is 1.87 bits per heavy atom. The van der Waals surface area contributed by atoms with Crippen LogP contribution in [-0.2, 0) is 0 Å². The Labute approximate surface area is 108 Å². The van der Waals surface area contributed by atoms with Crippen molar-refractivity contribution in [3.8, 4) is 0 Å². The highest BCUT2D eigenvalue weighted by Gasteiger charge is 2.07. The van der Waals surface area contributed by atoms with Gasteiger partial charge in [-0.25, -0.2) is 4.98 Å². The first kappa shape index (κ1) is 12.9. The number of nitrogens with zero attached hydrogens (tertiary/aromatic N) is 3. The molecule has 0 unspecified atom stereocenters. The van der Waals surface area contributed by atoms with Crippen LogP contribution in [0.25, 0.3) is 0 Å². The topological polar surface area (TPSA) is 19.4 Å². The molecule has 0 radical (unpaired) electrons. The normalized spacial score (nSPS) is 10.8. The summed E-state index contributed by atoms with van der Waals surface area (Å²) in [5.74, 6) is 0.972. The summed E-state index contributed by atoms with van der Waals surface area (Å²) in [6, 6.07) is 2.01. The second-order valence-corrected chi connectivity index (χ2v) is 5.45. The maximum Gasteiger partial charge on any atom is 0.142 e. The van der Waals surface area contributed by atoms with Gasteiger partial charge in [0.1, 0.15) is 5.82 Å². The van der Waals surface area contributed by atoms with E-state index in [0.29, 0.717) is 0 Å². The molecule has 15 heavy (non-hydrogen) atoms. The van der Waals surface area contributed by atoms with Gasteiger partial charge in [-0.3, -0.25) is 0 Å². The van der Waals surface area contributed by atoms with Gasteiger partial charge in [0.25, 0.3) is 0 Å². The summed E-state index contributed by atoms with van der Waals surface area (Å²) >= 11 is 6.90. The van der Waals surface area contributed by atoms with E-state index in [1.165, 1.54) is 0 Å². The first-order valence-corrected chi connectivity index (χ1v) is 6.26. The molecule has 0 aliphatic heterocycles. The van der Waals surface area contributed by atoms with Crippen molar-refractivity contribution >= 4 is 37.7 Å². The molecular formula is C10H15Br2N3. The number of anilines is 1. The van der Waals surface area contributed by atoms with Gasteiger partial charge in [0.15, 0.2) is 0 Å². The second kappa shape index (κ2) is 5.82. The third-order valence-corrected chi connectivity index (χ3v) is 3.05. The van der Waals surface area contributed by atoms with E-state index in [9.17, 15) is 0 Å². The second-order valence-electron chi connectivity index (χ2n) is 3.68. The maximum absolute atomic E-state index is 4.37. The first-order valence-electron chi connectivity index (χ1n) is 4.67. The number of rotatable bonds is 4. The molecule has 0 fully saturated rings. The van der Waals surface area contributed by atoms with E-state index in [2.05, 4.69) is 60.7 Å². The fourth-order valence-corrected chi connectivity index (χ4v) is 2.43. The molecule has 0 aliphatic carbocycles. The Bertz CT molecular complexity index is 328. The van der Waals surface area contributed by atoms with Crippen molar-refractivity contribution in [2.45, 2.75) is 0 Å². The van der Waals surface area contributed by atoms with Crippen LogP contribution in [0.4, 0.5) is 5.82 Å². The molecule has 0 atom stereocenters. The molecule has 0 aromatic carbocycles. The van der Waals surface area contributed by atoms with E-state index in [4.69, 9.17) is 0 Å². The molecule has 0 saturated heterocycles. The van der Waals surface area contributed by atoms with Crippen molar-refractivity contribution in [1.29, 1.82) is 0 Å². The lowest BCUT2D eigenvalue weighted by Crippen LogP contribution is -2.29. The molecule has 0 N–H and O–H groups in total. The van der Waals surface area contributed by atoms with Crippen LogP contribution in [0.15, 0.2) is 21.2 Å². The van der Waals surface area contributed by atoms with Crippen LogP contribution < -0.4 is 4.90 Å². The highest BCUT2D eigenvalue weighted by atomic mass is 79.9. The zero-order valence-electron chi connectivity index (χ0n) is 9.17. The first-order chi connectivity index (χ1) is 7.00. The van der Waals surface area contributed by atoms with Gasteiger partial charge in [0.05, 0.1) is 4.47 Å². The summed E-state index contributed by atoms with van der Waals surface area (Å²) in [7, 11) is 6.18. The molecule has 1 aromatic rings. The minimum Gasteiger partial charge on any atom is -0.357 e. The van der Waals surface area contributed by atoms with E-state index in [-0.39, 0.29) is 0 Å². The van der Waals surface area contributed by atoms with Gasteiger partial charge < -0.3 is 9.80 Å². The molecule has 0 aliphatic rings. The van der Waals surface area contributed by atoms with E-state index < -0.39 is 0 Å². The fourth-order valence-electron chi connectivity index (χ4n) is 1.14. The third-order valence-electron chi connectivity index (χ3n) is 2.03. The van der Waals surface area contributed by atoms with Crippen LogP contribution in [0.3, 0.4) is 0 Å². The van der Waals surface area contributed by atoms with Gasteiger partial charge in [0.2, 0.25) is 0 Å². The van der Waals surface area contributed by atoms with Crippen LogP contribution >= 0.6 is 31.9 Å². The number of hydrogen-bond acceptors (Lipinski definition) is 3. The van der Waals surface area contributed by atoms with Gasteiger partial charge in [-0.05, 0) is 52.0 Å². The van der Waals surface area contributed by atoms with Gasteiger partial charge in [-0.1, -0.05) is 0 Å². The number of pyridine rings is 1. The largest absolute Gasteiger partial charge is 0.357 e. The molecule has 1 aromatic heterocycles. The highest BCUT2D eigenvalue weighted by Crippen LogP contribution is 2.25. The lowest BCUT2D eigenvalue weighted by molar-refractivity contribution is 0.416. The average molecular weight is 337 g/mol. The summed E-state index contributed by atoms with van der Waals surface area (Å²) in [6.07, 6.45) is 1.81. The van der Waals surface area contributed by atoms with Gasteiger partial charge in [0, 0.05) is 30.8 Å². The molecule has 0 saturated carbocycles. The Kier molecular flexibility index (Phi) is 5.02. The summed E-state index contributed by atoms with van der Waals surface area (Å²) in [4.78, 5) is 8.66. The van der Waals surface area contributed by atoms with E-state index in [1.807, 2.05) is 19.3 Å². The SMILES string of the molecule is CN(C)CCN(C)c1ncc(Br)cc1Br. The Hall–Kier alpha value is -0.130. The van der Waals surface area contributed by atoms with E-state index in [0.717, 1.165) is 27.9 Å². The van der Waals surface area contributed by atoms with Crippen LogP contribution in [0, 0.1) is 0 Å². The van der Waals surface area contributed by atoms with Crippen molar-refractivity contribution < 1.29 is 0 Å². The summed E-state index contributed by atoms with van der Waals surface area (Å²) in [6.45, 7) is 1.97. The summed E-state index contributed by atoms with van der Waals surface area (Å²) < 4.78 is 2.00. The minimum absolute atomic E-state index is 0.959. The van der Waals surface area contributed by atoms with Gasteiger partial charge in [-0.2, -0.15) is 0 Å². The lowest BCUT2D eigenvalue weighted by atomic mass is 10.4. The molecular weight excluding hydrogens is 322 g/mol. The van der Waals surface area contributed by atoms with Crippen molar-refractivity contribution in [3.63, 3.8) is 0 Å². The van der Waals surface area contributed by atoms with Crippen LogP contribution in [0.5, 0.6) is 0 Å². The van der Waals surface area contributed by atoms with Crippen molar-refractivity contribution in [1.82, 2.24) is 9.88 Å². The van der Waals surface area contributed by atoms with Crippen LogP contribution in [-0.4, -0.2) is 44.1 Å². The molecule has 0 bridgehead atoms. The zero-order valence-corrected chi connectivity index (χ0v) is 12.3. The van der Waals surface area contributed by atoms with Crippen molar-refractivity contribution in [2.24, 2.45) is 0 Å². The molecule has 84 valence electrons. The van der Waals surface area contributed by atoms with E-state index >= 15 is 0 Å². The smallest absolute Gasteiger partial charge is 0.142 e.